The van der Waals surface area contributed by atoms with Gasteiger partial charge in [0.05, 0.1) is 31.1 Å². The quantitative estimate of drug-likeness (QED) is 0.200. The zero-order chi connectivity index (χ0) is 30.0. The first-order chi connectivity index (χ1) is 20.2. The van der Waals surface area contributed by atoms with Gasteiger partial charge in [0.1, 0.15) is 11.9 Å². The van der Waals surface area contributed by atoms with Gasteiger partial charge in [-0.05, 0) is 65.4 Å². The number of hydrogen-bond donors (Lipinski definition) is 3. The van der Waals surface area contributed by atoms with Crippen molar-refractivity contribution in [3.05, 3.63) is 89.9 Å². The number of rotatable bonds is 8. The summed E-state index contributed by atoms with van der Waals surface area (Å²) in [5, 5.41) is 4.80. The van der Waals surface area contributed by atoms with Crippen molar-refractivity contribution in [2.24, 2.45) is 5.92 Å². The molecule has 4 N–H and O–H groups in total. The number of amides is 1. The van der Waals surface area contributed by atoms with Crippen LogP contribution in [-0.4, -0.2) is 51.3 Å². The lowest BCUT2D eigenvalue weighted by Crippen LogP contribution is -2.39. The normalized spacial score (nSPS) is 18.0. The van der Waals surface area contributed by atoms with Crippen molar-refractivity contribution in [1.29, 1.82) is 0 Å². The van der Waals surface area contributed by atoms with E-state index in [2.05, 4.69) is 10.3 Å². The van der Waals surface area contributed by atoms with Crippen molar-refractivity contribution in [1.82, 2.24) is 9.88 Å². The van der Waals surface area contributed by atoms with Crippen LogP contribution in [0.4, 0.5) is 15.9 Å². The minimum atomic E-state index is -2.37. The highest BCUT2D eigenvalue weighted by atomic mass is 32.2. The van der Waals surface area contributed by atoms with Gasteiger partial charge in [-0.15, -0.1) is 0 Å². The molecule has 1 aliphatic heterocycles. The van der Waals surface area contributed by atoms with Gasteiger partial charge in [-0.25, -0.2) is 13.6 Å². The summed E-state index contributed by atoms with van der Waals surface area (Å²) >= 11 is -2.37. The molecule has 3 aromatic carbocycles. The number of carbonyl (C=O) groups is 2. The molecule has 0 spiro atoms. The fraction of sp³-hybridized carbons (Fsp3) is 0.233. The summed E-state index contributed by atoms with van der Waals surface area (Å²) in [6.07, 6.45) is 1.86. The minimum absolute atomic E-state index is 0.0455. The second-order valence-electron chi connectivity index (χ2n) is 9.79. The Kier molecular flexibility index (Phi) is 8.36. The molecule has 1 fully saturated rings. The molecule has 5 rings (SSSR count). The smallest absolute Gasteiger partial charge is 0.311 e. The third kappa shape index (κ3) is 5.50. The first-order valence-corrected chi connectivity index (χ1v) is 14.2. The third-order valence-electron chi connectivity index (χ3n) is 7.47. The van der Waals surface area contributed by atoms with Crippen LogP contribution in [-0.2, 0) is 25.4 Å². The fourth-order valence-corrected chi connectivity index (χ4v) is 6.06. The lowest BCUT2D eigenvalue weighted by molar-refractivity contribution is -0.147. The highest BCUT2D eigenvalue weighted by Gasteiger charge is 2.45. The van der Waals surface area contributed by atoms with Gasteiger partial charge in [0.2, 0.25) is 5.91 Å². The van der Waals surface area contributed by atoms with Crippen LogP contribution in [0.15, 0.2) is 77.8 Å². The van der Waals surface area contributed by atoms with E-state index in [1.54, 1.807) is 42.6 Å². The minimum Gasteiger partial charge on any atom is -0.494 e. The summed E-state index contributed by atoms with van der Waals surface area (Å²) < 4.78 is 46.9. The van der Waals surface area contributed by atoms with Gasteiger partial charge in [-0.2, -0.15) is 0 Å². The van der Waals surface area contributed by atoms with Gasteiger partial charge < -0.3 is 30.0 Å². The molecule has 1 aromatic heterocycles. The molecule has 10 nitrogen and oxygen atoms in total. The number of hydrogen-bond acceptors (Lipinski definition) is 8. The molecule has 0 bridgehead atoms. The molecule has 0 radical (unpaired) electrons. The number of nitrogens with two attached hydrogens (primary N) is 1. The highest BCUT2D eigenvalue weighted by molar-refractivity contribution is 7.79. The molecule has 4 aromatic rings. The number of esters is 1. The average molecular weight is 593 g/mol. The Labute approximate surface area is 243 Å². The maximum Gasteiger partial charge on any atom is 0.311 e. The Hall–Kier alpha value is -4.55. The molecule has 12 heteroatoms. The van der Waals surface area contributed by atoms with Crippen molar-refractivity contribution in [3.63, 3.8) is 0 Å². The number of aromatic nitrogens is 1. The lowest BCUT2D eigenvalue weighted by Gasteiger charge is -2.32. The first kappa shape index (κ1) is 29.0. The van der Waals surface area contributed by atoms with E-state index in [0.29, 0.717) is 22.6 Å². The number of nitrogen functional groups attached to an aromatic ring is 1. The van der Waals surface area contributed by atoms with Crippen LogP contribution in [0.2, 0.25) is 0 Å². The molecule has 2 heterocycles. The van der Waals surface area contributed by atoms with Crippen LogP contribution >= 0.6 is 0 Å². The van der Waals surface area contributed by atoms with Crippen molar-refractivity contribution in [2.75, 3.05) is 31.8 Å². The van der Waals surface area contributed by atoms with Gasteiger partial charge >= 0.3 is 5.97 Å². The summed E-state index contributed by atoms with van der Waals surface area (Å²) in [7, 11) is 2.59. The molecule has 0 aliphatic carbocycles. The van der Waals surface area contributed by atoms with E-state index in [0.717, 1.165) is 10.8 Å². The fourth-order valence-electron chi connectivity index (χ4n) is 5.47. The van der Waals surface area contributed by atoms with Gasteiger partial charge in [0, 0.05) is 23.8 Å². The summed E-state index contributed by atoms with van der Waals surface area (Å²) in [6.45, 7) is 0.173. The molecular weight excluding hydrogens is 563 g/mol. The van der Waals surface area contributed by atoms with Crippen LogP contribution in [0.1, 0.15) is 29.6 Å². The summed E-state index contributed by atoms with van der Waals surface area (Å²) in [6, 6.07) is 15.7. The largest absolute Gasteiger partial charge is 0.494 e. The number of methoxy groups -OCH3 is 2. The average Bonchev–Trinajstić information content (AvgIpc) is 3.44. The molecule has 1 saturated heterocycles. The number of likely N-dealkylation sites (tertiary alicyclic amines) is 1. The van der Waals surface area contributed by atoms with E-state index >= 15 is 0 Å². The van der Waals surface area contributed by atoms with E-state index in [9.17, 15) is 22.7 Å². The highest BCUT2D eigenvalue weighted by Crippen LogP contribution is 2.42. The van der Waals surface area contributed by atoms with Crippen LogP contribution in [0.3, 0.4) is 0 Å². The number of nitrogens with one attached hydrogen (secondary N) is 1. The monoisotopic (exact) mass is 592 g/mol. The Morgan fingerprint density at radius 2 is 1.93 bits per heavy atom. The van der Waals surface area contributed by atoms with Crippen molar-refractivity contribution in [2.45, 2.75) is 23.4 Å². The molecule has 0 saturated carbocycles. The number of halogens is 1. The molecule has 1 amide bonds. The molecule has 2 unspecified atom stereocenters. The molecule has 42 heavy (non-hydrogen) atoms. The summed E-state index contributed by atoms with van der Waals surface area (Å²) in [4.78, 5) is 33.0. The Morgan fingerprint density at radius 1 is 1.14 bits per heavy atom. The van der Waals surface area contributed by atoms with E-state index in [4.69, 9.17) is 15.2 Å². The lowest BCUT2D eigenvalue weighted by atomic mass is 9.93. The molecule has 1 aliphatic rings. The number of anilines is 2. The third-order valence-corrected chi connectivity index (χ3v) is 8.22. The maximum absolute atomic E-state index is 14.5. The van der Waals surface area contributed by atoms with Crippen LogP contribution in [0.25, 0.3) is 10.8 Å². The number of nitrogens with zero attached hydrogens (tertiary/aromatic N) is 2. The van der Waals surface area contributed by atoms with Gasteiger partial charge in [0.15, 0.2) is 22.6 Å². The van der Waals surface area contributed by atoms with E-state index in [1.807, 2.05) is 6.07 Å². The number of pyridine rings is 1. The summed E-state index contributed by atoms with van der Waals surface area (Å²) in [5.74, 6) is -2.02. The maximum atomic E-state index is 14.5. The number of fused-ring (bicyclic) bond motifs is 1. The van der Waals surface area contributed by atoms with E-state index in [1.165, 1.54) is 43.4 Å². The van der Waals surface area contributed by atoms with E-state index < -0.39 is 46.8 Å². The number of ether oxygens (including phenoxy) is 2. The predicted octanol–water partition coefficient (Wildman–Crippen LogP) is 4.46. The van der Waals surface area contributed by atoms with Gasteiger partial charge in [-0.3, -0.25) is 9.59 Å². The zero-order valence-electron chi connectivity index (χ0n) is 22.8. The van der Waals surface area contributed by atoms with Crippen LogP contribution in [0, 0.1) is 11.7 Å². The molecular formula is C30H29FN4O6S. The van der Waals surface area contributed by atoms with Crippen molar-refractivity contribution < 1.29 is 32.2 Å². The summed E-state index contributed by atoms with van der Waals surface area (Å²) in [5.41, 5.74) is 7.36. The zero-order valence-corrected chi connectivity index (χ0v) is 23.6. The Balaban J connectivity index is 1.61. The molecule has 218 valence electrons. The Bertz CT molecular complexity index is 1690. The Morgan fingerprint density at radius 3 is 2.67 bits per heavy atom. The second-order valence-corrected chi connectivity index (χ2v) is 10.7. The van der Waals surface area contributed by atoms with Gasteiger partial charge in [0.25, 0.3) is 0 Å². The second kappa shape index (κ2) is 12.1. The number of carbonyl (C=O) groups excluding carboxylic acids is 2. The van der Waals surface area contributed by atoms with E-state index in [-0.39, 0.29) is 23.6 Å². The van der Waals surface area contributed by atoms with Crippen LogP contribution < -0.4 is 15.8 Å². The topological polar surface area (TPSA) is 144 Å². The molecule has 4 atom stereocenters. The first-order valence-electron chi connectivity index (χ1n) is 13.1. The predicted molar refractivity (Wildman–Crippen MR) is 156 cm³/mol. The SMILES string of the molecule is COC(=O)[C@H]1CCN(C(=O)C(Nc2ccc3c(N)nccc3c2)c2ccc(F)c(OC)c2)[C@H]1c1ccccc1S(=O)O. The number of benzene rings is 3. The van der Waals surface area contributed by atoms with Crippen molar-refractivity contribution >= 4 is 45.2 Å². The van der Waals surface area contributed by atoms with Gasteiger partial charge in [-0.1, -0.05) is 24.3 Å². The standard InChI is InChI=1S/C30H29FN4O6S/c1-40-24-16-18(7-10-23(24)31)26(34-19-8-9-20-17(15-19)11-13-33-28(20)32)29(36)35-14-12-22(30(37)41-2)27(35)21-5-3-4-6-25(21)42(38)39/h3-11,13,15-16,22,26-27,34H,12,14H2,1-2H3,(H2,32,33)(H,38,39)/t22-,26?,27-/m0/s1. The van der Waals surface area contributed by atoms with Crippen LogP contribution in [0.5, 0.6) is 5.75 Å². The van der Waals surface area contributed by atoms with Crippen molar-refractivity contribution in [3.8, 4) is 5.75 Å².